The molecule has 1 atom stereocenters. The molecule has 5 heteroatoms. The molecule has 24 heavy (non-hydrogen) atoms. The van der Waals surface area contributed by atoms with E-state index in [1.807, 2.05) is 4.57 Å². The molecule has 1 aliphatic rings. The van der Waals surface area contributed by atoms with Crippen molar-refractivity contribution in [1.82, 2.24) is 14.5 Å². The van der Waals surface area contributed by atoms with Crippen LogP contribution in [0.25, 0.3) is 11.0 Å². The Kier molecular flexibility index (Phi) is 5.17. The zero-order valence-corrected chi connectivity index (χ0v) is 14.6. The van der Waals surface area contributed by atoms with Crippen LogP contribution in [0.2, 0.25) is 0 Å². The molecule has 1 fully saturated rings. The van der Waals surface area contributed by atoms with E-state index in [1.165, 1.54) is 24.0 Å². The van der Waals surface area contributed by atoms with E-state index in [4.69, 9.17) is 5.26 Å². The molecule has 5 nitrogen and oxygen atoms in total. The van der Waals surface area contributed by atoms with Gasteiger partial charge in [-0.15, -0.1) is 0 Å². The number of benzene rings is 1. The Hall–Kier alpha value is -1.90. The second kappa shape index (κ2) is 7.33. The predicted octanol–water partition coefficient (Wildman–Crippen LogP) is 2.78. The normalized spacial score (nSPS) is 16.8. The van der Waals surface area contributed by atoms with E-state index in [0.29, 0.717) is 25.7 Å². The van der Waals surface area contributed by atoms with Gasteiger partial charge in [0.1, 0.15) is 0 Å². The summed E-state index contributed by atoms with van der Waals surface area (Å²) in [7, 11) is 0. The van der Waals surface area contributed by atoms with Crippen LogP contribution < -0.4 is 0 Å². The number of fused-ring (bicyclic) bond motifs is 1. The first-order chi connectivity index (χ1) is 11.6. The standard InChI is InChI=1S/C19H26N4O/c1-14-9-18-19(10-15(14)2)23(13-21-18)12-17(24)11-22(8-7-20)16-5-3-4-6-16/h9-10,13,16-17,24H,3-6,8,11-12H2,1-2H3. The van der Waals surface area contributed by atoms with Gasteiger partial charge in [-0.3, -0.25) is 4.90 Å². The maximum absolute atomic E-state index is 10.6. The third-order valence-corrected chi connectivity index (χ3v) is 5.20. The second-order valence-electron chi connectivity index (χ2n) is 7.00. The number of aliphatic hydroxyl groups excluding tert-OH is 1. The molecule has 1 unspecified atom stereocenters. The van der Waals surface area contributed by atoms with E-state index in [2.05, 4.69) is 41.9 Å². The minimum Gasteiger partial charge on any atom is -0.390 e. The number of nitrogens with zero attached hydrogens (tertiary/aromatic N) is 4. The van der Waals surface area contributed by atoms with Crippen molar-refractivity contribution < 1.29 is 5.11 Å². The molecule has 0 bridgehead atoms. The van der Waals surface area contributed by atoms with Gasteiger partial charge < -0.3 is 9.67 Å². The second-order valence-corrected chi connectivity index (χ2v) is 7.00. The fourth-order valence-electron chi connectivity index (χ4n) is 3.72. The van der Waals surface area contributed by atoms with Crippen molar-refractivity contribution in [3.8, 4) is 6.07 Å². The van der Waals surface area contributed by atoms with Crippen molar-refractivity contribution in [2.24, 2.45) is 0 Å². The predicted molar refractivity (Wildman–Crippen MR) is 94.7 cm³/mol. The van der Waals surface area contributed by atoms with Gasteiger partial charge in [0.05, 0.1) is 42.6 Å². The lowest BCUT2D eigenvalue weighted by atomic mass is 10.1. The highest BCUT2D eigenvalue weighted by molar-refractivity contribution is 5.77. The Morgan fingerprint density at radius 3 is 2.75 bits per heavy atom. The van der Waals surface area contributed by atoms with Crippen LogP contribution in [0.5, 0.6) is 0 Å². The van der Waals surface area contributed by atoms with Crippen LogP contribution >= 0.6 is 0 Å². The number of aliphatic hydroxyl groups is 1. The van der Waals surface area contributed by atoms with Gasteiger partial charge in [-0.05, 0) is 49.9 Å². The Labute approximate surface area is 143 Å². The van der Waals surface area contributed by atoms with Crippen LogP contribution in [-0.2, 0) is 6.54 Å². The summed E-state index contributed by atoms with van der Waals surface area (Å²) in [5.74, 6) is 0. The molecule has 1 aromatic carbocycles. The first-order valence-electron chi connectivity index (χ1n) is 8.79. The van der Waals surface area contributed by atoms with Crippen LogP contribution in [-0.4, -0.2) is 44.8 Å². The van der Waals surface area contributed by atoms with Gasteiger partial charge in [-0.1, -0.05) is 12.8 Å². The third-order valence-electron chi connectivity index (χ3n) is 5.20. The highest BCUT2D eigenvalue weighted by Crippen LogP contribution is 2.24. The van der Waals surface area contributed by atoms with Gasteiger partial charge in [0.2, 0.25) is 0 Å². The number of rotatable bonds is 6. The van der Waals surface area contributed by atoms with Gasteiger partial charge in [-0.2, -0.15) is 5.26 Å². The molecular formula is C19H26N4O. The van der Waals surface area contributed by atoms with Crippen molar-refractivity contribution in [2.75, 3.05) is 13.1 Å². The summed E-state index contributed by atoms with van der Waals surface area (Å²) in [5.41, 5.74) is 4.49. The van der Waals surface area contributed by atoms with E-state index < -0.39 is 6.10 Å². The smallest absolute Gasteiger partial charge is 0.0959 e. The summed E-state index contributed by atoms with van der Waals surface area (Å²) in [6.45, 7) is 5.63. The zero-order chi connectivity index (χ0) is 17.1. The first-order valence-corrected chi connectivity index (χ1v) is 8.79. The fraction of sp³-hybridized carbons (Fsp3) is 0.579. The van der Waals surface area contributed by atoms with Crippen LogP contribution in [0.1, 0.15) is 36.8 Å². The number of hydrogen-bond donors (Lipinski definition) is 1. The van der Waals surface area contributed by atoms with E-state index >= 15 is 0 Å². The topological polar surface area (TPSA) is 65.1 Å². The lowest BCUT2D eigenvalue weighted by Gasteiger charge is -2.28. The average Bonchev–Trinajstić information content (AvgIpc) is 3.19. The molecule has 0 aliphatic heterocycles. The van der Waals surface area contributed by atoms with E-state index in [9.17, 15) is 5.11 Å². The van der Waals surface area contributed by atoms with Crippen LogP contribution in [0.15, 0.2) is 18.5 Å². The Morgan fingerprint density at radius 2 is 2.04 bits per heavy atom. The number of aromatic nitrogens is 2. The van der Waals surface area contributed by atoms with Gasteiger partial charge in [0.15, 0.2) is 0 Å². The molecule has 1 N–H and O–H groups in total. The lowest BCUT2D eigenvalue weighted by Crippen LogP contribution is -2.40. The summed E-state index contributed by atoms with van der Waals surface area (Å²) in [6, 6.07) is 6.92. The minimum atomic E-state index is -0.502. The van der Waals surface area contributed by atoms with E-state index in [1.54, 1.807) is 6.33 Å². The summed E-state index contributed by atoms with van der Waals surface area (Å²) in [4.78, 5) is 6.60. The van der Waals surface area contributed by atoms with Crippen molar-refractivity contribution in [3.63, 3.8) is 0 Å². The average molecular weight is 326 g/mol. The van der Waals surface area contributed by atoms with E-state index in [-0.39, 0.29) is 0 Å². The SMILES string of the molecule is Cc1cc2ncn(CC(O)CN(CC#N)C3CCCC3)c2cc1C. The molecular weight excluding hydrogens is 300 g/mol. The van der Waals surface area contributed by atoms with Gasteiger partial charge in [0, 0.05) is 12.6 Å². The first kappa shape index (κ1) is 16.9. The molecule has 0 spiro atoms. The molecule has 0 saturated heterocycles. The maximum Gasteiger partial charge on any atom is 0.0959 e. The molecule has 1 saturated carbocycles. The zero-order valence-electron chi connectivity index (χ0n) is 14.6. The molecule has 2 aromatic rings. The summed E-state index contributed by atoms with van der Waals surface area (Å²) >= 11 is 0. The van der Waals surface area contributed by atoms with Gasteiger partial charge in [0.25, 0.3) is 0 Å². The molecule has 0 radical (unpaired) electrons. The van der Waals surface area contributed by atoms with Crippen molar-refractivity contribution >= 4 is 11.0 Å². The molecule has 3 rings (SSSR count). The molecule has 1 aliphatic carbocycles. The quantitative estimate of drug-likeness (QED) is 0.829. The monoisotopic (exact) mass is 326 g/mol. The number of hydrogen-bond acceptors (Lipinski definition) is 4. The fourth-order valence-corrected chi connectivity index (χ4v) is 3.72. The number of imidazole rings is 1. The third kappa shape index (κ3) is 3.61. The summed E-state index contributed by atoms with van der Waals surface area (Å²) in [6.07, 6.45) is 6.04. The van der Waals surface area contributed by atoms with Crippen molar-refractivity contribution in [3.05, 3.63) is 29.6 Å². The van der Waals surface area contributed by atoms with E-state index in [0.717, 1.165) is 23.9 Å². The highest BCUT2D eigenvalue weighted by atomic mass is 16.3. The highest BCUT2D eigenvalue weighted by Gasteiger charge is 2.24. The Balaban J connectivity index is 1.70. The van der Waals surface area contributed by atoms with Gasteiger partial charge in [-0.25, -0.2) is 4.98 Å². The Bertz CT molecular complexity index is 740. The molecule has 128 valence electrons. The minimum absolute atomic E-state index is 0.394. The van der Waals surface area contributed by atoms with Gasteiger partial charge >= 0.3 is 0 Å². The molecule has 1 heterocycles. The number of aryl methyl sites for hydroxylation is 2. The Morgan fingerprint density at radius 1 is 1.33 bits per heavy atom. The summed E-state index contributed by atoms with van der Waals surface area (Å²) < 4.78 is 2.02. The van der Waals surface area contributed by atoms with Crippen LogP contribution in [0.3, 0.4) is 0 Å². The maximum atomic E-state index is 10.6. The van der Waals surface area contributed by atoms with Crippen LogP contribution in [0, 0.1) is 25.2 Å². The lowest BCUT2D eigenvalue weighted by molar-refractivity contribution is 0.0849. The van der Waals surface area contributed by atoms with Crippen LogP contribution in [0.4, 0.5) is 0 Å². The largest absolute Gasteiger partial charge is 0.390 e. The molecule has 0 amide bonds. The van der Waals surface area contributed by atoms with Crippen molar-refractivity contribution in [2.45, 2.75) is 58.2 Å². The summed E-state index contributed by atoms with van der Waals surface area (Å²) in [5, 5.41) is 19.6. The van der Waals surface area contributed by atoms with Crippen molar-refractivity contribution in [1.29, 1.82) is 5.26 Å². The number of nitriles is 1. The molecule has 1 aromatic heterocycles.